The van der Waals surface area contributed by atoms with Crippen molar-refractivity contribution in [1.29, 1.82) is 0 Å². The number of carbonyl (C=O) groups is 1. The number of benzene rings is 1. The number of piperidine rings is 1. The number of hydrogen-bond acceptors (Lipinski definition) is 5. The molecule has 8 nitrogen and oxygen atoms in total. The molecule has 1 aromatic carbocycles. The molecule has 3 rings (SSSR count). The van der Waals surface area contributed by atoms with Crippen molar-refractivity contribution in [1.82, 2.24) is 19.9 Å². The van der Waals surface area contributed by atoms with Crippen LogP contribution in [0.3, 0.4) is 0 Å². The highest BCUT2D eigenvalue weighted by Crippen LogP contribution is 2.21. The zero-order chi connectivity index (χ0) is 20.1. The monoisotopic (exact) mass is 407 g/mol. The van der Waals surface area contributed by atoms with Gasteiger partial charge in [0.05, 0.1) is 29.8 Å². The van der Waals surface area contributed by atoms with Crippen molar-refractivity contribution >= 4 is 22.1 Å². The summed E-state index contributed by atoms with van der Waals surface area (Å²) in [6.45, 7) is 2.20. The second-order valence-electron chi connectivity index (χ2n) is 6.54. The van der Waals surface area contributed by atoms with Crippen LogP contribution in [0.5, 0.6) is 0 Å². The molecule has 2 aromatic rings. The van der Waals surface area contributed by atoms with Crippen LogP contribution >= 0.6 is 0 Å². The topological polar surface area (TPSA) is 108 Å². The summed E-state index contributed by atoms with van der Waals surface area (Å²) >= 11 is 0. The van der Waals surface area contributed by atoms with Crippen LogP contribution in [-0.4, -0.2) is 53.9 Å². The van der Waals surface area contributed by atoms with E-state index >= 15 is 0 Å². The lowest BCUT2D eigenvalue weighted by Crippen LogP contribution is -2.45. The van der Waals surface area contributed by atoms with Crippen molar-refractivity contribution in [3.05, 3.63) is 41.8 Å². The molecule has 1 aromatic heterocycles. The highest BCUT2D eigenvalue weighted by Gasteiger charge is 2.31. The first-order chi connectivity index (χ1) is 13.4. The number of H-pyrrole nitrogens is 1. The third-order valence-electron chi connectivity index (χ3n) is 4.69. The van der Waals surface area contributed by atoms with Crippen LogP contribution in [0.15, 0.2) is 35.6 Å². The molecule has 1 unspecified atom stereocenters. The molecular weight excluding hydrogens is 385 g/mol. The zero-order valence-corrected chi connectivity index (χ0v) is 16.2. The maximum Gasteiger partial charge on any atom is 0.244 e. The standard InChI is InChI=1S/C18H22FN5O3S/c1-2-28(26,27)24-9-3-4-14(12-24)18(25)23-21-11-15-10-20-22-17(15)13-5-7-16(19)8-6-13/h5-8,10-11,14H,2-4,9,12H2,1H3,(H,20,22)(H,23,25)/b21-11+. The van der Waals surface area contributed by atoms with Crippen LogP contribution in [-0.2, 0) is 14.8 Å². The largest absolute Gasteiger partial charge is 0.277 e. The Morgan fingerprint density at radius 1 is 1.43 bits per heavy atom. The summed E-state index contributed by atoms with van der Waals surface area (Å²) in [6, 6.07) is 5.92. The molecular formula is C18H22FN5O3S. The van der Waals surface area contributed by atoms with E-state index in [-0.39, 0.29) is 24.0 Å². The fraction of sp³-hybridized carbons (Fsp3) is 0.389. The van der Waals surface area contributed by atoms with Crippen molar-refractivity contribution < 1.29 is 17.6 Å². The highest BCUT2D eigenvalue weighted by atomic mass is 32.2. The van der Waals surface area contributed by atoms with Crippen molar-refractivity contribution in [2.75, 3.05) is 18.8 Å². The van der Waals surface area contributed by atoms with Crippen LogP contribution in [0.1, 0.15) is 25.3 Å². The molecule has 0 saturated carbocycles. The smallest absolute Gasteiger partial charge is 0.244 e. The summed E-state index contributed by atoms with van der Waals surface area (Å²) in [4.78, 5) is 12.4. The van der Waals surface area contributed by atoms with Gasteiger partial charge in [0.1, 0.15) is 5.82 Å². The van der Waals surface area contributed by atoms with Crippen LogP contribution in [0.2, 0.25) is 0 Å². The molecule has 0 radical (unpaired) electrons. The van der Waals surface area contributed by atoms with E-state index in [1.54, 1.807) is 25.3 Å². The van der Waals surface area contributed by atoms with Crippen molar-refractivity contribution in [3.63, 3.8) is 0 Å². The zero-order valence-electron chi connectivity index (χ0n) is 15.4. The lowest BCUT2D eigenvalue weighted by atomic mass is 9.99. The van der Waals surface area contributed by atoms with E-state index in [0.29, 0.717) is 30.6 Å². The number of aromatic nitrogens is 2. The maximum absolute atomic E-state index is 13.1. The molecule has 1 aliphatic rings. The van der Waals surface area contributed by atoms with Gasteiger partial charge in [-0.25, -0.2) is 22.5 Å². The number of aromatic amines is 1. The van der Waals surface area contributed by atoms with E-state index in [0.717, 1.165) is 5.56 Å². The maximum atomic E-state index is 13.1. The molecule has 1 amide bonds. The van der Waals surface area contributed by atoms with Gasteiger partial charge in [-0.2, -0.15) is 10.2 Å². The fourth-order valence-electron chi connectivity index (χ4n) is 3.09. The van der Waals surface area contributed by atoms with Crippen molar-refractivity contribution in [2.45, 2.75) is 19.8 Å². The van der Waals surface area contributed by atoms with Crippen LogP contribution in [0, 0.1) is 11.7 Å². The summed E-state index contributed by atoms with van der Waals surface area (Å²) in [5.74, 6) is -1.07. The van der Waals surface area contributed by atoms with Crippen LogP contribution < -0.4 is 5.43 Å². The first-order valence-electron chi connectivity index (χ1n) is 9.00. The quantitative estimate of drug-likeness (QED) is 0.562. The predicted molar refractivity (Wildman–Crippen MR) is 103 cm³/mol. The molecule has 150 valence electrons. The van der Waals surface area contributed by atoms with Gasteiger partial charge in [-0.1, -0.05) is 0 Å². The van der Waals surface area contributed by atoms with Gasteiger partial charge >= 0.3 is 0 Å². The molecule has 1 saturated heterocycles. The molecule has 0 spiro atoms. The Hall–Kier alpha value is -2.59. The van der Waals surface area contributed by atoms with Crippen molar-refractivity contribution in [2.24, 2.45) is 11.0 Å². The number of rotatable bonds is 6. The van der Waals surface area contributed by atoms with E-state index < -0.39 is 15.9 Å². The van der Waals surface area contributed by atoms with E-state index in [9.17, 15) is 17.6 Å². The molecule has 28 heavy (non-hydrogen) atoms. The third-order valence-corrected chi connectivity index (χ3v) is 6.54. The SMILES string of the molecule is CCS(=O)(=O)N1CCCC(C(=O)N/N=C/c2cn[nH]c2-c2ccc(F)cc2)C1. The third kappa shape index (κ3) is 4.63. The summed E-state index contributed by atoms with van der Waals surface area (Å²) in [5.41, 5.74) is 4.49. The molecule has 1 atom stereocenters. The van der Waals surface area contributed by atoms with Gasteiger partial charge in [0.15, 0.2) is 0 Å². The lowest BCUT2D eigenvalue weighted by molar-refractivity contribution is -0.126. The van der Waals surface area contributed by atoms with E-state index in [1.165, 1.54) is 22.7 Å². The van der Waals surface area contributed by atoms with E-state index in [4.69, 9.17) is 0 Å². The summed E-state index contributed by atoms with van der Waals surface area (Å²) in [6.07, 6.45) is 4.25. The average molecular weight is 407 g/mol. The second kappa shape index (κ2) is 8.61. The van der Waals surface area contributed by atoms with E-state index in [1.807, 2.05) is 0 Å². The molecule has 1 fully saturated rings. The number of halogens is 1. The van der Waals surface area contributed by atoms with Gasteiger partial charge in [-0.3, -0.25) is 9.89 Å². The minimum atomic E-state index is -3.31. The minimum Gasteiger partial charge on any atom is -0.277 e. The Balaban J connectivity index is 1.63. The minimum absolute atomic E-state index is 0.0200. The van der Waals surface area contributed by atoms with Crippen LogP contribution in [0.25, 0.3) is 11.3 Å². The Bertz CT molecular complexity index is 956. The normalized spacial score (nSPS) is 18.4. The first-order valence-corrected chi connectivity index (χ1v) is 10.6. The highest BCUT2D eigenvalue weighted by molar-refractivity contribution is 7.89. The molecule has 0 aliphatic carbocycles. The molecule has 0 bridgehead atoms. The second-order valence-corrected chi connectivity index (χ2v) is 8.80. The Labute approximate surface area is 162 Å². The summed E-state index contributed by atoms with van der Waals surface area (Å²) < 4.78 is 38.5. The number of hydrazone groups is 1. The van der Waals surface area contributed by atoms with Gasteiger partial charge in [-0.15, -0.1) is 0 Å². The number of nitrogens with one attached hydrogen (secondary N) is 2. The molecule has 2 N–H and O–H groups in total. The number of nitrogens with zero attached hydrogens (tertiary/aromatic N) is 3. The van der Waals surface area contributed by atoms with Gasteiger partial charge in [0, 0.05) is 24.2 Å². The predicted octanol–water partition coefficient (Wildman–Crippen LogP) is 1.73. The first kappa shape index (κ1) is 20.2. The Morgan fingerprint density at radius 2 is 2.18 bits per heavy atom. The van der Waals surface area contributed by atoms with Crippen LogP contribution in [0.4, 0.5) is 4.39 Å². The van der Waals surface area contributed by atoms with Gasteiger partial charge in [0.25, 0.3) is 0 Å². The number of amides is 1. The lowest BCUT2D eigenvalue weighted by Gasteiger charge is -2.30. The summed E-state index contributed by atoms with van der Waals surface area (Å²) in [7, 11) is -3.31. The number of hydrogen-bond donors (Lipinski definition) is 2. The average Bonchev–Trinajstić information content (AvgIpc) is 3.17. The fourth-order valence-corrected chi connectivity index (χ4v) is 4.27. The molecule has 1 aliphatic heterocycles. The van der Waals surface area contributed by atoms with Gasteiger partial charge in [0.2, 0.25) is 15.9 Å². The molecule has 2 heterocycles. The van der Waals surface area contributed by atoms with E-state index in [2.05, 4.69) is 20.7 Å². The summed E-state index contributed by atoms with van der Waals surface area (Å²) in [5, 5.41) is 10.8. The number of carbonyl (C=O) groups excluding carboxylic acids is 1. The Morgan fingerprint density at radius 3 is 2.89 bits per heavy atom. The number of sulfonamides is 1. The molecule has 10 heteroatoms. The van der Waals surface area contributed by atoms with Crippen molar-refractivity contribution in [3.8, 4) is 11.3 Å². The van der Waals surface area contributed by atoms with Gasteiger partial charge in [-0.05, 0) is 44.0 Å². The van der Waals surface area contributed by atoms with Gasteiger partial charge < -0.3 is 0 Å². The Kier molecular flexibility index (Phi) is 6.20.